The van der Waals surface area contributed by atoms with Crippen LogP contribution in [0.1, 0.15) is 11.3 Å². The van der Waals surface area contributed by atoms with Gasteiger partial charge in [0.2, 0.25) is 0 Å². The Morgan fingerprint density at radius 3 is 2.80 bits per heavy atom. The van der Waals surface area contributed by atoms with Crippen molar-refractivity contribution in [1.29, 1.82) is 0 Å². The molecule has 1 aromatic heterocycles. The monoisotopic (exact) mass is 287 g/mol. The van der Waals surface area contributed by atoms with Gasteiger partial charge in [-0.1, -0.05) is 18.3 Å². The van der Waals surface area contributed by atoms with Gasteiger partial charge >= 0.3 is 0 Å². The van der Waals surface area contributed by atoms with E-state index in [9.17, 15) is 0 Å². The molecule has 5 heteroatoms. The van der Waals surface area contributed by atoms with Gasteiger partial charge in [-0.25, -0.2) is 0 Å². The van der Waals surface area contributed by atoms with E-state index in [2.05, 4.69) is 4.98 Å². The van der Waals surface area contributed by atoms with Crippen molar-refractivity contribution >= 4 is 22.9 Å². The van der Waals surface area contributed by atoms with Crippen LogP contribution in [0.5, 0.6) is 5.75 Å². The molecule has 0 spiro atoms. The number of ether oxygens (including phenoxy) is 1. The Balaban J connectivity index is 2.07. The third-order valence-electron chi connectivity index (χ3n) is 2.82. The molecule has 0 bridgehead atoms. The van der Waals surface area contributed by atoms with Gasteiger partial charge < -0.3 is 15.4 Å². The minimum absolute atomic E-state index is 0.293. The number of benzene rings is 1. The second-order valence-corrected chi connectivity index (χ2v) is 5.03. The smallest absolute Gasteiger partial charge is 0.122 e. The molecule has 1 heterocycles. The highest BCUT2D eigenvalue weighted by atomic mass is 32.1. The van der Waals surface area contributed by atoms with E-state index < -0.39 is 0 Å². The summed E-state index contributed by atoms with van der Waals surface area (Å²) in [6.45, 7) is 0.453. The van der Waals surface area contributed by atoms with Gasteiger partial charge in [-0.2, -0.15) is 0 Å². The molecule has 0 fully saturated rings. The summed E-state index contributed by atoms with van der Waals surface area (Å²) in [7, 11) is 3.99. The fourth-order valence-electron chi connectivity index (χ4n) is 1.72. The number of anilines is 1. The highest BCUT2D eigenvalue weighted by Crippen LogP contribution is 2.20. The molecule has 4 nitrogen and oxygen atoms in total. The molecule has 2 N–H and O–H groups in total. The summed E-state index contributed by atoms with van der Waals surface area (Å²) in [5.74, 6) is 0.824. The van der Waals surface area contributed by atoms with Crippen molar-refractivity contribution in [3.05, 3.63) is 53.9 Å². The zero-order valence-corrected chi connectivity index (χ0v) is 12.4. The van der Waals surface area contributed by atoms with E-state index in [1.807, 2.05) is 55.4 Å². The molecule has 0 aliphatic heterocycles. The molecule has 0 radical (unpaired) electrons. The maximum Gasteiger partial charge on any atom is 0.122 e. The average molecular weight is 287 g/mol. The molecule has 0 saturated heterocycles. The van der Waals surface area contributed by atoms with Gasteiger partial charge in [0.05, 0.1) is 5.69 Å². The van der Waals surface area contributed by atoms with Gasteiger partial charge in [-0.3, -0.25) is 4.98 Å². The van der Waals surface area contributed by atoms with E-state index in [4.69, 9.17) is 22.7 Å². The van der Waals surface area contributed by atoms with Crippen LogP contribution in [0.3, 0.4) is 0 Å². The van der Waals surface area contributed by atoms with Gasteiger partial charge in [0.1, 0.15) is 17.3 Å². The molecule has 0 aliphatic carbocycles. The summed E-state index contributed by atoms with van der Waals surface area (Å²) in [5, 5.41) is 0. The number of aromatic nitrogens is 1. The van der Waals surface area contributed by atoms with Crippen molar-refractivity contribution in [3.8, 4) is 5.75 Å². The molecule has 2 aromatic rings. The van der Waals surface area contributed by atoms with Crippen molar-refractivity contribution < 1.29 is 4.74 Å². The van der Waals surface area contributed by atoms with Crippen molar-refractivity contribution in [2.45, 2.75) is 6.61 Å². The summed E-state index contributed by atoms with van der Waals surface area (Å²) >= 11 is 4.91. The maximum absolute atomic E-state index is 5.78. The topological polar surface area (TPSA) is 51.4 Å². The van der Waals surface area contributed by atoms with Crippen molar-refractivity contribution in [2.75, 3.05) is 19.0 Å². The van der Waals surface area contributed by atoms with Crippen molar-refractivity contribution in [2.24, 2.45) is 5.73 Å². The Kier molecular flexibility index (Phi) is 4.53. The molecular formula is C15H17N3OS. The van der Waals surface area contributed by atoms with Crippen LogP contribution < -0.4 is 15.4 Å². The zero-order valence-electron chi connectivity index (χ0n) is 11.5. The molecule has 0 unspecified atom stereocenters. The highest BCUT2D eigenvalue weighted by molar-refractivity contribution is 7.80. The van der Waals surface area contributed by atoms with Crippen molar-refractivity contribution in [3.63, 3.8) is 0 Å². The Hall–Kier alpha value is -2.14. The summed E-state index contributed by atoms with van der Waals surface area (Å²) in [4.78, 5) is 6.43. The molecule has 1 aromatic carbocycles. The second kappa shape index (κ2) is 6.34. The van der Waals surface area contributed by atoms with Gasteiger partial charge in [-0.05, 0) is 29.8 Å². The molecule has 0 aliphatic rings. The number of pyridine rings is 1. The van der Waals surface area contributed by atoms with E-state index in [1.165, 1.54) is 0 Å². The van der Waals surface area contributed by atoms with Gasteiger partial charge in [0.25, 0.3) is 0 Å². The first kappa shape index (κ1) is 14.3. The lowest BCUT2D eigenvalue weighted by Gasteiger charge is -2.14. The number of nitrogens with two attached hydrogens (primary N) is 1. The van der Waals surface area contributed by atoms with Gasteiger partial charge in [0.15, 0.2) is 0 Å². The van der Waals surface area contributed by atoms with E-state index in [-0.39, 0.29) is 0 Å². The molecule has 104 valence electrons. The third-order valence-corrected chi connectivity index (χ3v) is 3.03. The van der Waals surface area contributed by atoms with Crippen LogP contribution in [0.4, 0.5) is 5.69 Å². The normalized spacial score (nSPS) is 10.1. The summed E-state index contributed by atoms with van der Waals surface area (Å²) in [6.07, 6.45) is 1.68. The van der Waals surface area contributed by atoms with Crippen LogP contribution in [0.15, 0.2) is 42.6 Å². The quantitative estimate of drug-likeness (QED) is 0.856. The summed E-state index contributed by atoms with van der Waals surface area (Å²) in [6, 6.07) is 11.7. The van der Waals surface area contributed by atoms with E-state index in [0.29, 0.717) is 17.3 Å². The second-order valence-electron chi connectivity index (χ2n) is 4.59. The molecule has 0 atom stereocenters. The maximum atomic E-state index is 5.78. The molecule has 0 saturated carbocycles. The number of nitrogens with zero attached hydrogens (tertiary/aromatic N) is 2. The number of thiocarbonyl (C=S) groups is 1. The lowest BCUT2D eigenvalue weighted by molar-refractivity contribution is 0.306. The zero-order chi connectivity index (χ0) is 14.5. The number of rotatable bonds is 5. The van der Waals surface area contributed by atoms with Crippen LogP contribution in [-0.2, 0) is 6.61 Å². The van der Waals surface area contributed by atoms with Crippen LogP contribution in [0.2, 0.25) is 0 Å². The molecule has 2 rings (SSSR count). The van der Waals surface area contributed by atoms with Gasteiger partial charge in [0, 0.05) is 32.0 Å². The first-order chi connectivity index (χ1) is 9.56. The van der Waals surface area contributed by atoms with E-state index in [1.54, 1.807) is 6.20 Å². The van der Waals surface area contributed by atoms with E-state index >= 15 is 0 Å². The SMILES string of the molecule is CN(C)c1cccc(OCc2ccnc(C(N)=S)c2)c1. The largest absolute Gasteiger partial charge is 0.489 e. The molecular weight excluding hydrogens is 270 g/mol. The Morgan fingerprint density at radius 1 is 1.30 bits per heavy atom. The Labute approximate surface area is 124 Å². The van der Waals surface area contributed by atoms with Crippen LogP contribution >= 0.6 is 12.2 Å². The highest BCUT2D eigenvalue weighted by Gasteiger charge is 2.02. The average Bonchev–Trinajstić information content (AvgIpc) is 2.45. The molecule has 20 heavy (non-hydrogen) atoms. The third kappa shape index (κ3) is 3.68. The molecule has 0 amide bonds. The Bertz CT molecular complexity index is 614. The predicted octanol–water partition coefficient (Wildman–Crippen LogP) is 2.36. The summed E-state index contributed by atoms with van der Waals surface area (Å²) < 4.78 is 5.78. The summed E-state index contributed by atoms with van der Waals surface area (Å²) in [5.41, 5.74) is 8.26. The van der Waals surface area contributed by atoms with Crippen molar-refractivity contribution in [1.82, 2.24) is 4.98 Å². The minimum atomic E-state index is 0.293. The number of hydrogen-bond acceptors (Lipinski definition) is 4. The Morgan fingerprint density at radius 2 is 2.10 bits per heavy atom. The van der Waals surface area contributed by atoms with Crippen LogP contribution in [0, 0.1) is 0 Å². The first-order valence-electron chi connectivity index (χ1n) is 6.21. The van der Waals surface area contributed by atoms with E-state index in [0.717, 1.165) is 17.0 Å². The first-order valence-corrected chi connectivity index (χ1v) is 6.62. The lowest BCUT2D eigenvalue weighted by Crippen LogP contribution is -2.12. The minimum Gasteiger partial charge on any atom is -0.489 e. The van der Waals surface area contributed by atoms with Gasteiger partial charge in [-0.15, -0.1) is 0 Å². The number of hydrogen-bond donors (Lipinski definition) is 1. The standard InChI is InChI=1S/C15H17N3OS/c1-18(2)12-4-3-5-13(9-12)19-10-11-6-7-17-14(8-11)15(16)20/h3-9H,10H2,1-2H3,(H2,16,20). The van der Waals surface area contributed by atoms with Crippen LogP contribution in [0.25, 0.3) is 0 Å². The fourth-order valence-corrected chi connectivity index (χ4v) is 1.83. The fraction of sp³-hybridized carbons (Fsp3) is 0.200. The predicted molar refractivity (Wildman–Crippen MR) is 85.2 cm³/mol. The lowest BCUT2D eigenvalue weighted by atomic mass is 10.2. The van der Waals surface area contributed by atoms with Crippen LogP contribution in [-0.4, -0.2) is 24.1 Å².